The summed E-state index contributed by atoms with van der Waals surface area (Å²) in [7, 11) is 0. The van der Waals surface area contributed by atoms with Crippen LogP contribution < -0.4 is 11.1 Å². The first-order valence-electron chi connectivity index (χ1n) is 5.95. The van der Waals surface area contributed by atoms with Crippen molar-refractivity contribution in [3.8, 4) is 0 Å². The van der Waals surface area contributed by atoms with Crippen LogP contribution >= 0.6 is 23.8 Å². The molecule has 0 aromatic heterocycles. The molecule has 1 amide bonds. The topological polar surface area (TPSA) is 55.1 Å². The molecule has 0 aliphatic heterocycles. The fourth-order valence-corrected chi connectivity index (χ4v) is 2.04. The zero-order chi connectivity index (χ0) is 14.7. The molecule has 0 spiro atoms. The van der Waals surface area contributed by atoms with E-state index < -0.39 is 0 Å². The number of carbonyl (C=O) groups excluding carboxylic acids is 1. The minimum atomic E-state index is -0.228. The molecule has 0 radical (unpaired) electrons. The van der Waals surface area contributed by atoms with Crippen molar-refractivity contribution in [3.05, 3.63) is 64.2 Å². The van der Waals surface area contributed by atoms with E-state index in [0.717, 1.165) is 5.56 Å². The highest BCUT2D eigenvalue weighted by atomic mass is 35.5. The molecule has 0 aliphatic carbocycles. The van der Waals surface area contributed by atoms with Gasteiger partial charge in [-0.25, -0.2) is 0 Å². The number of anilines is 1. The van der Waals surface area contributed by atoms with Gasteiger partial charge in [0.1, 0.15) is 4.99 Å². The number of nitrogens with two attached hydrogens (primary N) is 1. The van der Waals surface area contributed by atoms with Gasteiger partial charge in [0, 0.05) is 21.8 Å². The Morgan fingerprint density at radius 2 is 1.90 bits per heavy atom. The van der Waals surface area contributed by atoms with Crippen molar-refractivity contribution >= 4 is 40.4 Å². The van der Waals surface area contributed by atoms with E-state index in [1.807, 2.05) is 13.0 Å². The van der Waals surface area contributed by atoms with Crippen molar-refractivity contribution in [2.75, 3.05) is 5.32 Å². The Morgan fingerprint density at radius 1 is 1.20 bits per heavy atom. The number of thiocarbonyl (C=S) groups is 1. The van der Waals surface area contributed by atoms with Crippen molar-refractivity contribution in [1.82, 2.24) is 0 Å². The molecule has 0 saturated heterocycles. The van der Waals surface area contributed by atoms with Gasteiger partial charge in [-0.2, -0.15) is 0 Å². The number of benzene rings is 2. The highest BCUT2D eigenvalue weighted by molar-refractivity contribution is 7.80. The van der Waals surface area contributed by atoms with Gasteiger partial charge < -0.3 is 11.1 Å². The summed E-state index contributed by atoms with van der Waals surface area (Å²) in [5.74, 6) is -0.228. The average molecular weight is 305 g/mol. The summed E-state index contributed by atoms with van der Waals surface area (Å²) in [5.41, 5.74) is 8.34. The Kier molecular flexibility index (Phi) is 4.37. The van der Waals surface area contributed by atoms with Crippen LogP contribution in [0.15, 0.2) is 42.5 Å². The van der Waals surface area contributed by atoms with Gasteiger partial charge in [-0.3, -0.25) is 4.79 Å². The number of amides is 1. The van der Waals surface area contributed by atoms with Crippen LogP contribution in [-0.4, -0.2) is 10.9 Å². The number of halogens is 1. The van der Waals surface area contributed by atoms with Crippen molar-refractivity contribution < 1.29 is 4.79 Å². The van der Waals surface area contributed by atoms with Crippen molar-refractivity contribution in [3.63, 3.8) is 0 Å². The Hall–Kier alpha value is -1.91. The zero-order valence-corrected chi connectivity index (χ0v) is 12.4. The molecule has 3 nitrogen and oxygen atoms in total. The Morgan fingerprint density at radius 3 is 2.60 bits per heavy atom. The molecular formula is C15H13ClN2OS. The predicted octanol–water partition coefficient (Wildman–Crippen LogP) is 3.53. The van der Waals surface area contributed by atoms with Gasteiger partial charge in [0.15, 0.2) is 0 Å². The van der Waals surface area contributed by atoms with Gasteiger partial charge in [-0.1, -0.05) is 42.0 Å². The van der Waals surface area contributed by atoms with E-state index in [1.165, 1.54) is 0 Å². The van der Waals surface area contributed by atoms with Gasteiger partial charge in [-0.05, 0) is 36.8 Å². The molecule has 0 atom stereocenters. The van der Waals surface area contributed by atoms with Crippen LogP contribution in [0.5, 0.6) is 0 Å². The largest absolute Gasteiger partial charge is 0.389 e. The Bertz CT molecular complexity index is 685. The second-order valence-corrected chi connectivity index (χ2v) is 5.23. The number of hydrogen-bond donors (Lipinski definition) is 2. The van der Waals surface area contributed by atoms with E-state index in [-0.39, 0.29) is 10.9 Å². The fraction of sp³-hybridized carbons (Fsp3) is 0.0667. The maximum Gasteiger partial charge on any atom is 0.255 e. The zero-order valence-electron chi connectivity index (χ0n) is 10.8. The molecule has 0 saturated carbocycles. The summed E-state index contributed by atoms with van der Waals surface area (Å²) in [5, 5.41) is 3.40. The molecule has 5 heteroatoms. The molecule has 102 valence electrons. The minimum absolute atomic E-state index is 0.228. The summed E-state index contributed by atoms with van der Waals surface area (Å²) in [6.07, 6.45) is 0. The lowest BCUT2D eigenvalue weighted by atomic mass is 10.1. The van der Waals surface area contributed by atoms with Crippen LogP contribution in [-0.2, 0) is 0 Å². The summed E-state index contributed by atoms with van der Waals surface area (Å²) in [6, 6.07) is 12.2. The van der Waals surface area contributed by atoms with Crippen LogP contribution in [0.4, 0.5) is 5.69 Å². The normalized spacial score (nSPS) is 10.1. The number of carbonyl (C=O) groups is 1. The smallest absolute Gasteiger partial charge is 0.255 e. The van der Waals surface area contributed by atoms with Gasteiger partial charge in [0.25, 0.3) is 5.91 Å². The van der Waals surface area contributed by atoms with Gasteiger partial charge in [-0.15, -0.1) is 0 Å². The van der Waals surface area contributed by atoms with E-state index in [0.29, 0.717) is 21.8 Å². The number of aryl methyl sites for hydroxylation is 1. The first-order valence-corrected chi connectivity index (χ1v) is 6.73. The molecule has 0 bridgehead atoms. The first kappa shape index (κ1) is 14.5. The molecule has 0 aliphatic rings. The third-order valence-electron chi connectivity index (χ3n) is 2.86. The summed E-state index contributed by atoms with van der Waals surface area (Å²) in [4.78, 5) is 12.5. The second-order valence-electron chi connectivity index (χ2n) is 4.36. The molecule has 3 N–H and O–H groups in total. The molecule has 2 aromatic rings. The lowest BCUT2D eigenvalue weighted by Gasteiger charge is -2.09. The minimum Gasteiger partial charge on any atom is -0.389 e. The van der Waals surface area contributed by atoms with E-state index in [9.17, 15) is 4.79 Å². The maximum absolute atomic E-state index is 12.2. The second kappa shape index (κ2) is 6.03. The van der Waals surface area contributed by atoms with Crippen molar-refractivity contribution in [2.45, 2.75) is 6.92 Å². The van der Waals surface area contributed by atoms with Crippen LogP contribution in [0.3, 0.4) is 0 Å². The van der Waals surface area contributed by atoms with E-state index >= 15 is 0 Å². The SMILES string of the molecule is Cc1ccc(Cl)cc1NC(=O)c1cccc(C(N)=S)c1. The Labute approximate surface area is 127 Å². The number of nitrogens with one attached hydrogen (secondary N) is 1. The molecule has 0 fully saturated rings. The van der Waals surface area contributed by atoms with Crippen molar-refractivity contribution in [2.24, 2.45) is 5.73 Å². The first-order chi connectivity index (χ1) is 9.47. The fourth-order valence-electron chi connectivity index (χ4n) is 1.74. The van der Waals surface area contributed by atoms with Gasteiger partial charge >= 0.3 is 0 Å². The van der Waals surface area contributed by atoms with E-state index in [1.54, 1.807) is 36.4 Å². The molecule has 20 heavy (non-hydrogen) atoms. The number of hydrogen-bond acceptors (Lipinski definition) is 2. The number of rotatable bonds is 3. The summed E-state index contributed by atoms with van der Waals surface area (Å²) >= 11 is 10.8. The predicted molar refractivity (Wildman–Crippen MR) is 86.5 cm³/mol. The standard InChI is InChI=1S/C15H13ClN2OS/c1-9-5-6-12(16)8-13(9)18-15(19)11-4-2-3-10(7-11)14(17)20/h2-8H,1H3,(H2,17,20)(H,18,19). The average Bonchev–Trinajstić information content (AvgIpc) is 2.43. The van der Waals surface area contributed by atoms with Crippen molar-refractivity contribution in [1.29, 1.82) is 0 Å². The molecule has 0 unspecified atom stereocenters. The maximum atomic E-state index is 12.2. The van der Waals surface area contributed by atoms with Gasteiger partial charge in [0.05, 0.1) is 0 Å². The molecular weight excluding hydrogens is 292 g/mol. The van der Waals surface area contributed by atoms with E-state index in [2.05, 4.69) is 5.32 Å². The van der Waals surface area contributed by atoms with E-state index in [4.69, 9.17) is 29.6 Å². The van der Waals surface area contributed by atoms with Gasteiger partial charge in [0.2, 0.25) is 0 Å². The highest BCUT2D eigenvalue weighted by Gasteiger charge is 2.09. The monoisotopic (exact) mass is 304 g/mol. The third-order valence-corrected chi connectivity index (χ3v) is 3.33. The Balaban J connectivity index is 2.26. The highest BCUT2D eigenvalue weighted by Crippen LogP contribution is 2.21. The molecule has 0 heterocycles. The summed E-state index contributed by atoms with van der Waals surface area (Å²) in [6.45, 7) is 1.90. The quantitative estimate of drug-likeness (QED) is 0.853. The lowest BCUT2D eigenvalue weighted by Crippen LogP contribution is -2.15. The van der Waals surface area contributed by atoms with Crippen LogP contribution in [0.2, 0.25) is 5.02 Å². The van der Waals surface area contributed by atoms with Crippen LogP contribution in [0.1, 0.15) is 21.5 Å². The lowest BCUT2D eigenvalue weighted by molar-refractivity contribution is 0.102. The summed E-state index contributed by atoms with van der Waals surface area (Å²) < 4.78 is 0. The molecule has 2 rings (SSSR count). The van der Waals surface area contributed by atoms with Crippen LogP contribution in [0.25, 0.3) is 0 Å². The molecule has 2 aromatic carbocycles. The third kappa shape index (κ3) is 3.35. The van der Waals surface area contributed by atoms with Crippen LogP contribution in [0, 0.1) is 6.92 Å².